The van der Waals surface area contributed by atoms with Crippen molar-refractivity contribution in [3.63, 3.8) is 0 Å². The minimum absolute atomic E-state index is 0.116. The van der Waals surface area contributed by atoms with Crippen LogP contribution in [0, 0.1) is 0 Å². The number of pyridine rings is 1. The summed E-state index contributed by atoms with van der Waals surface area (Å²) in [5.41, 5.74) is 11.4. The van der Waals surface area contributed by atoms with Crippen molar-refractivity contribution in [1.29, 1.82) is 0 Å². The Morgan fingerprint density at radius 2 is 1.79 bits per heavy atom. The summed E-state index contributed by atoms with van der Waals surface area (Å²) in [5, 5.41) is 8.61. The van der Waals surface area contributed by atoms with Crippen molar-refractivity contribution < 1.29 is 4.79 Å². The molecule has 188 valence electrons. The summed E-state index contributed by atoms with van der Waals surface area (Å²) in [7, 11) is 2.16. The van der Waals surface area contributed by atoms with Gasteiger partial charge in [0.2, 0.25) is 5.91 Å². The van der Waals surface area contributed by atoms with Gasteiger partial charge in [0.1, 0.15) is 0 Å². The van der Waals surface area contributed by atoms with Crippen molar-refractivity contribution in [3.8, 4) is 38.6 Å². The molecular weight excluding hydrogens is 492 g/mol. The molecular formula is C30H26N6OS. The van der Waals surface area contributed by atoms with E-state index in [1.807, 2.05) is 16.9 Å². The van der Waals surface area contributed by atoms with Crippen LogP contribution < -0.4 is 5.32 Å². The quantitative estimate of drug-likeness (QED) is 0.329. The van der Waals surface area contributed by atoms with Crippen LogP contribution in [-0.2, 0) is 30.7 Å². The maximum atomic E-state index is 11.7. The number of aryl methyl sites for hydroxylation is 1. The fraction of sp³-hybridized carbons (Fsp3) is 0.200. The van der Waals surface area contributed by atoms with Crippen LogP contribution >= 0.6 is 11.3 Å². The number of rotatable bonds is 4. The fourth-order valence-electron chi connectivity index (χ4n) is 5.54. The first-order valence-electron chi connectivity index (χ1n) is 12.7. The van der Waals surface area contributed by atoms with E-state index < -0.39 is 0 Å². The lowest BCUT2D eigenvalue weighted by Gasteiger charge is -2.14. The molecule has 1 aliphatic heterocycles. The van der Waals surface area contributed by atoms with Crippen molar-refractivity contribution in [3.05, 3.63) is 89.4 Å². The van der Waals surface area contributed by atoms with Crippen molar-refractivity contribution in [1.82, 2.24) is 24.6 Å². The maximum Gasteiger partial charge on any atom is 0.223 e. The van der Waals surface area contributed by atoms with Crippen molar-refractivity contribution in [2.24, 2.45) is 0 Å². The average Bonchev–Trinajstić information content (AvgIpc) is 3.62. The number of carbonyl (C=O) groups is 1. The lowest BCUT2D eigenvalue weighted by atomic mass is 9.95. The number of amides is 1. The summed E-state index contributed by atoms with van der Waals surface area (Å²) in [6.45, 7) is 3.52. The maximum absolute atomic E-state index is 11.7. The van der Waals surface area contributed by atoms with E-state index >= 15 is 0 Å². The van der Waals surface area contributed by atoms with Gasteiger partial charge in [-0.3, -0.25) is 14.7 Å². The third kappa shape index (κ3) is 3.93. The number of hydrogen-bond donors (Lipinski definition) is 1. The van der Waals surface area contributed by atoms with Gasteiger partial charge in [0, 0.05) is 43.5 Å². The van der Waals surface area contributed by atoms with Crippen molar-refractivity contribution >= 4 is 22.4 Å². The molecule has 1 N–H and O–H groups in total. The SMILES string of the molecule is CC(=O)Nc1nc2c(s1)-c1c(c(-c3cccnc3)nn1-c1ccc(-c3ccc4c(c3)CN(C)C4)cc1)CC2. The number of nitrogens with zero attached hydrogens (tertiary/aromatic N) is 5. The molecule has 1 aliphatic carbocycles. The number of benzene rings is 2. The molecule has 2 aliphatic rings. The molecule has 8 heteroatoms. The van der Waals surface area contributed by atoms with E-state index in [0.717, 1.165) is 59.1 Å². The first-order valence-corrected chi connectivity index (χ1v) is 13.6. The van der Waals surface area contributed by atoms with Gasteiger partial charge in [-0.25, -0.2) is 9.67 Å². The van der Waals surface area contributed by atoms with E-state index in [4.69, 9.17) is 10.1 Å². The number of anilines is 1. The Hall–Kier alpha value is -4.14. The standard InChI is InChI=1S/C30H26N6OS/c1-18(37)32-30-33-26-12-11-25-27(21-4-3-13-31-15-21)34-36(28(25)29(26)38-30)24-9-7-19(8-10-24)20-5-6-22-16-35(2)17-23(22)14-20/h3-10,13-15H,11-12,16-17H2,1-2H3,(H,32,33,37). The largest absolute Gasteiger partial charge is 0.302 e. The average molecular weight is 519 g/mol. The predicted octanol–water partition coefficient (Wildman–Crippen LogP) is 5.73. The Balaban J connectivity index is 1.33. The van der Waals surface area contributed by atoms with Crippen LogP contribution in [0.3, 0.4) is 0 Å². The van der Waals surface area contributed by atoms with Crippen molar-refractivity contribution in [2.75, 3.05) is 12.4 Å². The van der Waals surface area contributed by atoms with E-state index in [-0.39, 0.29) is 5.91 Å². The lowest BCUT2D eigenvalue weighted by Crippen LogP contribution is -2.07. The molecule has 0 bridgehead atoms. The number of hydrogen-bond acceptors (Lipinski definition) is 6. The molecule has 0 unspecified atom stereocenters. The molecule has 7 rings (SSSR count). The zero-order chi connectivity index (χ0) is 25.8. The highest BCUT2D eigenvalue weighted by atomic mass is 32.1. The molecule has 0 saturated carbocycles. The van der Waals surface area contributed by atoms with Crippen LogP contribution in [-0.4, -0.2) is 37.6 Å². The molecule has 4 heterocycles. The third-order valence-electron chi connectivity index (χ3n) is 7.26. The predicted molar refractivity (Wildman–Crippen MR) is 150 cm³/mol. The lowest BCUT2D eigenvalue weighted by molar-refractivity contribution is -0.114. The summed E-state index contributed by atoms with van der Waals surface area (Å²) < 4.78 is 2.03. The molecule has 5 aromatic rings. The van der Waals surface area contributed by atoms with Crippen LogP contribution in [0.4, 0.5) is 5.13 Å². The van der Waals surface area contributed by atoms with Gasteiger partial charge in [-0.05, 0) is 72.5 Å². The second-order valence-electron chi connectivity index (χ2n) is 10.0. The topological polar surface area (TPSA) is 75.9 Å². The van der Waals surface area contributed by atoms with Crippen LogP contribution in [0.25, 0.3) is 38.6 Å². The van der Waals surface area contributed by atoms with Gasteiger partial charge in [0.25, 0.3) is 0 Å². The molecule has 0 radical (unpaired) electrons. The van der Waals surface area contributed by atoms with Gasteiger partial charge in [0.05, 0.1) is 27.6 Å². The van der Waals surface area contributed by atoms with E-state index in [0.29, 0.717) is 5.13 Å². The molecule has 7 nitrogen and oxygen atoms in total. The summed E-state index contributed by atoms with van der Waals surface area (Å²) in [5.74, 6) is -0.116. The molecule has 2 aromatic carbocycles. The molecule has 0 atom stereocenters. The number of nitrogens with one attached hydrogen (secondary N) is 1. The van der Waals surface area contributed by atoms with E-state index in [9.17, 15) is 4.79 Å². The van der Waals surface area contributed by atoms with Gasteiger partial charge in [-0.2, -0.15) is 5.10 Å². The van der Waals surface area contributed by atoms with Crippen LogP contribution in [0.1, 0.15) is 29.3 Å². The Bertz CT molecular complexity index is 1690. The van der Waals surface area contributed by atoms with Crippen LogP contribution in [0.5, 0.6) is 0 Å². The van der Waals surface area contributed by atoms with Gasteiger partial charge in [0.15, 0.2) is 5.13 Å². The number of carbonyl (C=O) groups excluding carboxylic acids is 1. The summed E-state index contributed by atoms with van der Waals surface area (Å²) in [4.78, 5) is 24.2. The van der Waals surface area contributed by atoms with E-state index in [1.165, 1.54) is 46.1 Å². The number of thiazole rings is 1. The molecule has 0 saturated heterocycles. The number of fused-ring (bicyclic) bond motifs is 4. The van der Waals surface area contributed by atoms with Gasteiger partial charge in [-0.15, -0.1) is 0 Å². The summed E-state index contributed by atoms with van der Waals surface area (Å²) in [6, 6.07) is 19.4. The minimum Gasteiger partial charge on any atom is -0.302 e. The Kier molecular flexibility index (Phi) is 5.45. The molecule has 38 heavy (non-hydrogen) atoms. The minimum atomic E-state index is -0.116. The Labute approximate surface area is 224 Å². The molecule has 0 fully saturated rings. The van der Waals surface area contributed by atoms with Gasteiger partial charge < -0.3 is 5.32 Å². The zero-order valence-electron chi connectivity index (χ0n) is 21.2. The monoisotopic (exact) mass is 518 g/mol. The Morgan fingerprint density at radius 3 is 2.58 bits per heavy atom. The first-order chi connectivity index (χ1) is 18.5. The zero-order valence-corrected chi connectivity index (χ0v) is 22.0. The highest BCUT2D eigenvalue weighted by Crippen LogP contribution is 2.44. The highest BCUT2D eigenvalue weighted by molar-refractivity contribution is 7.19. The van der Waals surface area contributed by atoms with E-state index in [2.05, 4.69) is 70.8 Å². The highest BCUT2D eigenvalue weighted by Gasteiger charge is 2.30. The van der Waals surface area contributed by atoms with Crippen molar-refractivity contribution in [2.45, 2.75) is 32.9 Å². The van der Waals surface area contributed by atoms with E-state index in [1.54, 1.807) is 6.20 Å². The fourth-order valence-corrected chi connectivity index (χ4v) is 6.65. The molecule has 0 spiro atoms. The van der Waals surface area contributed by atoms with Gasteiger partial charge in [-0.1, -0.05) is 35.6 Å². The molecule has 1 amide bonds. The summed E-state index contributed by atoms with van der Waals surface area (Å²) in [6.07, 6.45) is 5.29. The third-order valence-corrected chi connectivity index (χ3v) is 8.28. The second kappa shape index (κ2) is 9.01. The number of aromatic nitrogens is 4. The Morgan fingerprint density at radius 1 is 0.974 bits per heavy atom. The normalized spacial score (nSPS) is 14.2. The van der Waals surface area contributed by atoms with Gasteiger partial charge >= 0.3 is 0 Å². The van der Waals surface area contributed by atoms with Crippen LogP contribution in [0.15, 0.2) is 67.0 Å². The summed E-state index contributed by atoms with van der Waals surface area (Å²) >= 11 is 1.51. The smallest absolute Gasteiger partial charge is 0.223 e. The second-order valence-corrected chi connectivity index (χ2v) is 11.0. The molecule has 3 aromatic heterocycles. The van der Waals surface area contributed by atoms with Crippen LogP contribution in [0.2, 0.25) is 0 Å². The first kappa shape index (κ1) is 23.0.